The number of halogens is 2. The first-order chi connectivity index (χ1) is 15.5. The number of hydrogen-bond donors (Lipinski definition) is 1. The molecule has 2 N–H and O–H groups in total. The van der Waals surface area contributed by atoms with Crippen LogP contribution >= 0.6 is 11.6 Å². The van der Waals surface area contributed by atoms with Crippen LogP contribution in [0.15, 0.2) is 66.1 Å². The van der Waals surface area contributed by atoms with Crippen LogP contribution in [-0.4, -0.2) is 6.79 Å². The predicted octanol–water partition coefficient (Wildman–Crippen LogP) is 5.00. The third kappa shape index (κ3) is 3.55. The highest BCUT2D eigenvalue weighted by molar-refractivity contribution is 6.32. The molecular formula is C24H16ClFN2O4. The first-order valence-electron chi connectivity index (χ1n) is 9.71. The van der Waals surface area contributed by atoms with Gasteiger partial charge in [-0.15, -0.1) is 0 Å². The molecule has 0 amide bonds. The van der Waals surface area contributed by atoms with Crippen LogP contribution in [-0.2, 0) is 6.61 Å². The molecule has 0 aliphatic carbocycles. The second-order valence-electron chi connectivity index (χ2n) is 7.27. The zero-order valence-electron chi connectivity index (χ0n) is 16.6. The number of hydrogen-bond acceptors (Lipinski definition) is 6. The van der Waals surface area contributed by atoms with Crippen molar-refractivity contribution in [3.8, 4) is 29.1 Å². The number of rotatable bonds is 4. The van der Waals surface area contributed by atoms with E-state index in [9.17, 15) is 9.65 Å². The molecule has 0 unspecified atom stereocenters. The molecule has 2 heterocycles. The van der Waals surface area contributed by atoms with Crippen molar-refractivity contribution >= 4 is 11.6 Å². The van der Waals surface area contributed by atoms with E-state index < -0.39 is 5.92 Å². The van der Waals surface area contributed by atoms with Gasteiger partial charge in [0.05, 0.1) is 10.9 Å². The summed E-state index contributed by atoms with van der Waals surface area (Å²) in [6.45, 7) is 0.349. The summed E-state index contributed by atoms with van der Waals surface area (Å²) in [6.07, 6.45) is 0. The van der Waals surface area contributed by atoms with E-state index in [0.29, 0.717) is 28.0 Å². The quantitative estimate of drug-likeness (QED) is 0.601. The lowest BCUT2D eigenvalue weighted by molar-refractivity contribution is 0.174. The van der Waals surface area contributed by atoms with E-state index in [0.717, 1.165) is 16.7 Å². The van der Waals surface area contributed by atoms with E-state index in [-0.39, 0.29) is 30.7 Å². The monoisotopic (exact) mass is 450 g/mol. The van der Waals surface area contributed by atoms with Gasteiger partial charge in [0.15, 0.2) is 11.5 Å². The fourth-order valence-electron chi connectivity index (χ4n) is 3.75. The van der Waals surface area contributed by atoms with Gasteiger partial charge in [-0.25, -0.2) is 4.39 Å². The maximum absolute atomic E-state index is 13.1. The predicted molar refractivity (Wildman–Crippen MR) is 114 cm³/mol. The molecule has 0 aromatic heterocycles. The van der Waals surface area contributed by atoms with Gasteiger partial charge in [0.2, 0.25) is 12.7 Å². The van der Waals surface area contributed by atoms with Gasteiger partial charge in [0.1, 0.15) is 35.6 Å². The largest absolute Gasteiger partial charge is 0.487 e. The summed E-state index contributed by atoms with van der Waals surface area (Å²) in [6, 6.07) is 17.0. The van der Waals surface area contributed by atoms with E-state index in [1.54, 1.807) is 36.4 Å². The Morgan fingerprint density at radius 2 is 1.81 bits per heavy atom. The van der Waals surface area contributed by atoms with Crippen LogP contribution in [0.5, 0.6) is 23.0 Å². The summed E-state index contributed by atoms with van der Waals surface area (Å²) in [5.74, 6) is 1.30. The molecule has 0 radical (unpaired) electrons. The molecule has 3 aromatic carbocycles. The molecule has 1 atom stereocenters. The Kier molecular flexibility index (Phi) is 5.00. The zero-order valence-corrected chi connectivity index (χ0v) is 17.4. The van der Waals surface area contributed by atoms with Crippen LogP contribution in [0.3, 0.4) is 0 Å². The van der Waals surface area contributed by atoms with Crippen molar-refractivity contribution in [2.75, 3.05) is 6.79 Å². The Morgan fingerprint density at radius 1 is 1.06 bits per heavy atom. The summed E-state index contributed by atoms with van der Waals surface area (Å²) in [5.41, 5.74) is 8.59. The molecule has 3 aromatic rings. The maximum Gasteiger partial charge on any atom is 0.231 e. The molecule has 8 heteroatoms. The molecule has 2 aliphatic heterocycles. The summed E-state index contributed by atoms with van der Waals surface area (Å²) in [4.78, 5) is 0. The number of nitrogens with zero attached hydrogens (tertiary/aromatic N) is 1. The molecule has 0 saturated heterocycles. The minimum absolute atomic E-state index is 0.0247. The van der Waals surface area contributed by atoms with E-state index in [1.807, 2.05) is 6.07 Å². The molecule has 0 bridgehead atoms. The third-order valence-corrected chi connectivity index (χ3v) is 5.60. The van der Waals surface area contributed by atoms with Crippen molar-refractivity contribution in [3.05, 3.63) is 93.6 Å². The second kappa shape index (κ2) is 7.98. The number of nitrogens with two attached hydrogens (primary N) is 1. The van der Waals surface area contributed by atoms with Crippen molar-refractivity contribution < 1.29 is 23.3 Å². The van der Waals surface area contributed by atoms with Gasteiger partial charge in [0, 0.05) is 11.6 Å². The van der Waals surface area contributed by atoms with Crippen LogP contribution in [0.1, 0.15) is 22.6 Å². The van der Waals surface area contributed by atoms with Gasteiger partial charge in [-0.3, -0.25) is 0 Å². The van der Waals surface area contributed by atoms with Gasteiger partial charge in [0.25, 0.3) is 0 Å². The summed E-state index contributed by atoms with van der Waals surface area (Å²) >= 11 is 6.50. The highest BCUT2D eigenvalue weighted by Gasteiger charge is 2.33. The minimum atomic E-state index is -0.498. The van der Waals surface area contributed by atoms with Crippen molar-refractivity contribution in [1.82, 2.24) is 0 Å². The van der Waals surface area contributed by atoms with Gasteiger partial charge in [-0.05, 0) is 41.5 Å². The average molecular weight is 451 g/mol. The Hall–Kier alpha value is -3.89. The summed E-state index contributed by atoms with van der Waals surface area (Å²) in [7, 11) is 0. The fraction of sp³-hybridized carbons (Fsp3) is 0.125. The Balaban J connectivity index is 1.48. The SMILES string of the molecule is N#CC1=C(N)Oc2cc3c(cc2[C@H]1c1ccc(OCc2ccc(F)cc2)c(Cl)c1)OCO3. The molecule has 0 spiro atoms. The fourth-order valence-corrected chi connectivity index (χ4v) is 3.99. The summed E-state index contributed by atoms with van der Waals surface area (Å²) in [5, 5.41) is 10.1. The molecule has 0 fully saturated rings. The Bertz CT molecular complexity index is 1280. The van der Waals surface area contributed by atoms with Crippen molar-refractivity contribution in [3.63, 3.8) is 0 Å². The topological polar surface area (TPSA) is 86.7 Å². The lowest BCUT2D eigenvalue weighted by Gasteiger charge is -2.27. The lowest BCUT2D eigenvalue weighted by atomic mass is 9.83. The normalized spacial score (nSPS) is 16.2. The van der Waals surface area contributed by atoms with E-state index in [1.165, 1.54) is 12.1 Å². The van der Waals surface area contributed by atoms with Gasteiger partial charge >= 0.3 is 0 Å². The van der Waals surface area contributed by atoms with Crippen LogP contribution in [0, 0.1) is 17.1 Å². The molecular weight excluding hydrogens is 435 g/mol. The Labute approximate surface area is 188 Å². The summed E-state index contributed by atoms with van der Waals surface area (Å²) < 4.78 is 35.5. The van der Waals surface area contributed by atoms with E-state index >= 15 is 0 Å². The van der Waals surface area contributed by atoms with E-state index in [2.05, 4.69) is 6.07 Å². The molecule has 5 rings (SSSR count). The number of nitriles is 1. The highest BCUT2D eigenvalue weighted by Crippen LogP contribution is 2.48. The average Bonchev–Trinajstić information content (AvgIpc) is 3.24. The molecule has 32 heavy (non-hydrogen) atoms. The second-order valence-corrected chi connectivity index (χ2v) is 7.68. The first-order valence-corrected chi connectivity index (χ1v) is 10.1. The van der Waals surface area contributed by atoms with Gasteiger partial charge in [-0.1, -0.05) is 29.8 Å². The Morgan fingerprint density at radius 3 is 2.53 bits per heavy atom. The minimum Gasteiger partial charge on any atom is -0.487 e. The molecule has 160 valence electrons. The van der Waals surface area contributed by atoms with E-state index in [4.69, 9.17) is 36.3 Å². The third-order valence-electron chi connectivity index (χ3n) is 5.31. The zero-order chi connectivity index (χ0) is 22.2. The number of allylic oxidation sites excluding steroid dienone is 1. The van der Waals surface area contributed by atoms with Crippen molar-refractivity contribution in [2.45, 2.75) is 12.5 Å². The van der Waals surface area contributed by atoms with Crippen molar-refractivity contribution in [1.29, 1.82) is 5.26 Å². The molecule has 6 nitrogen and oxygen atoms in total. The molecule has 0 saturated carbocycles. The van der Waals surface area contributed by atoms with Gasteiger partial charge in [-0.2, -0.15) is 5.26 Å². The van der Waals surface area contributed by atoms with Crippen LogP contribution in [0.2, 0.25) is 5.02 Å². The van der Waals surface area contributed by atoms with Gasteiger partial charge < -0.3 is 24.7 Å². The smallest absolute Gasteiger partial charge is 0.231 e. The van der Waals surface area contributed by atoms with Crippen LogP contribution < -0.4 is 24.7 Å². The number of benzene rings is 3. The molecule has 2 aliphatic rings. The van der Waals surface area contributed by atoms with Crippen LogP contribution in [0.4, 0.5) is 4.39 Å². The number of ether oxygens (including phenoxy) is 4. The van der Waals surface area contributed by atoms with Crippen molar-refractivity contribution in [2.24, 2.45) is 5.73 Å². The number of fused-ring (bicyclic) bond motifs is 2. The lowest BCUT2D eigenvalue weighted by Crippen LogP contribution is -2.21. The van der Waals surface area contributed by atoms with Crippen LogP contribution in [0.25, 0.3) is 0 Å². The highest BCUT2D eigenvalue weighted by atomic mass is 35.5. The standard InChI is InChI=1S/C24H16ClFN2O4/c25-18-7-14(3-6-19(18)29-11-13-1-4-15(26)5-2-13)23-16-8-21-22(31-12-30-21)9-20(16)32-24(28)17(23)10-27/h1-9,23H,11-12,28H2/t23-/m1/s1. The first kappa shape index (κ1) is 20.0. The maximum atomic E-state index is 13.1.